The number of hydrogen-bond acceptors (Lipinski definition) is 5. The van der Waals surface area contributed by atoms with Crippen LogP contribution in [0.4, 0.5) is 0 Å². The van der Waals surface area contributed by atoms with Gasteiger partial charge in [0.2, 0.25) is 11.8 Å². The Morgan fingerprint density at radius 2 is 2.11 bits per heavy atom. The van der Waals surface area contributed by atoms with E-state index < -0.39 is 0 Å². The summed E-state index contributed by atoms with van der Waals surface area (Å²) in [6.45, 7) is 9.43. The lowest BCUT2D eigenvalue weighted by Gasteiger charge is -2.31. The first kappa shape index (κ1) is 13.5. The Kier molecular flexibility index (Phi) is 5.13. The average molecular weight is 252 g/mol. The summed E-state index contributed by atoms with van der Waals surface area (Å²) >= 11 is 0. The molecule has 1 aromatic rings. The number of aryl methyl sites for hydroxylation is 1. The molecule has 0 unspecified atom stereocenters. The lowest BCUT2D eigenvalue weighted by molar-refractivity contribution is 0.162. The van der Waals surface area contributed by atoms with Crippen molar-refractivity contribution in [3.8, 4) is 0 Å². The Morgan fingerprint density at radius 3 is 2.72 bits per heavy atom. The van der Waals surface area contributed by atoms with E-state index in [9.17, 15) is 0 Å². The number of hydrogen-bond donors (Lipinski definition) is 1. The van der Waals surface area contributed by atoms with Gasteiger partial charge in [0.05, 0.1) is 6.54 Å². The van der Waals surface area contributed by atoms with Gasteiger partial charge in [-0.2, -0.15) is 0 Å². The van der Waals surface area contributed by atoms with Gasteiger partial charge in [-0.05, 0) is 51.4 Å². The molecule has 0 aliphatic carbocycles. The maximum absolute atomic E-state index is 5.42. The van der Waals surface area contributed by atoms with Crippen molar-refractivity contribution in [2.45, 2.75) is 39.7 Å². The molecule has 1 saturated heterocycles. The van der Waals surface area contributed by atoms with Crippen LogP contribution >= 0.6 is 0 Å². The Labute approximate surface area is 109 Å². The van der Waals surface area contributed by atoms with Crippen LogP contribution in [0.15, 0.2) is 4.42 Å². The monoisotopic (exact) mass is 252 g/mol. The minimum atomic E-state index is 0.656. The van der Waals surface area contributed by atoms with E-state index in [-0.39, 0.29) is 0 Å². The molecular formula is C13H24N4O. The highest BCUT2D eigenvalue weighted by atomic mass is 16.4. The molecule has 0 radical (unpaired) electrons. The molecule has 1 fully saturated rings. The van der Waals surface area contributed by atoms with E-state index >= 15 is 0 Å². The first-order valence-corrected chi connectivity index (χ1v) is 7.00. The highest BCUT2D eigenvalue weighted by Crippen LogP contribution is 2.18. The van der Waals surface area contributed by atoms with E-state index in [4.69, 9.17) is 4.42 Å². The van der Waals surface area contributed by atoms with E-state index in [0.717, 1.165) is 38.0 Å². The third kappa shape index (κ3) is 4.07. The van der Waals surface area contributed by atoms with Gasteiger partial charge in [0.15, 0.2) is 0 Å². The molecule has 0 amide bonds. The Balaban J connectivity index is 1.67. The van der Waals surface area contributed by atoms with Gasteiger partial charge in [-0.3, -0.25) is 4.90 Å². The summed E-state index contributed by atoms with van der Waals surface area (Å²) in [7, 11) is 0. The zero-order valence-electron chi connectivity index (χ0n) is 11.5. The lowest BCUT2D eigenvalue weighted by atomic mass is 9.97. The number of piperidine rings is 1. The van der Waals surface area contributed by atoms with Crippen molar-refractivity contribution in [2.75, 3.05) is 26.2 Å². The minimum absolute atomic E-state index is 0.656. The fourth-order valence-corrected chi connectivity index (χ4v) is 2.42. The van der Waals surface area contributed by atoms with Crippen molar-refractivity contribution in [3.05, 3.63) is 11.8 Å². The van der Waals surface area contributed by atoms with Crippen molar-refractivity contribution in [1.82, 2.24) is 20.4 Å². The normalized spacial score (nSPS) is 18.3. The van der Waals surface area contributed by atoms with Crippen molar-refractivity contribution in [3.63, 3.8) is 0 Å². The molecule has 2 heterocycles. The van der Waals surface area contributed by atoms with Gasteiger partial charge in [0.1, 0.15) is 0 Å². The Morgan fingerprint density at radius 1 is 1.33 bits per heavy atom. The Bertz CT molecular complexity index is 345. The van der Waals surface area contributed by atoms with Crippen molar-refractivity contribution in [1.29, 1.82) is 0 Å². The smallest absolute Gasteiger partial charge is 0.230 e. The molecule has 1 aliphatic rings. The minimum Gasteiger partial charge on any atom is -0.424 e. The lowest BCUT2D eigenvalue weighted by Crippen LogP contribution is -2.37. The molecule has 0 aromatic carbocycles. The molecule has 1 aliphatic heterocycles. The van der Waals surface area contributed by atoms with Crippen LogP contribution in [0, 0.1) is 12.8 Å². The van der Waals surface area contributed by atoms with Gasteiger partial charge in [-0.15, -0.1) is 10.2 Å². The van der Waals surface area contributed by atoms with Crippen LogP contribution in [-0.2, 0) is 6.54 Å². The predicted octanol–water partition coefficient (Wildman–Crippen LogP) is 1.59. The summed E-state index contributed by atoms with van der Waals surface area (Å²) in [5.41, 5.74) is 0. The zero-order chi connectivity index (χ0) is 12.8. The second-order valence-corrected chi connectivity index (χ2v) is 5.14. The third-order valence-corrected chi connectivity index (χ3v) is 3.49. The fraction of sp³-hybridized carbons (Fsp3) is 0.846. The second-order valence-electron chi connectivity index (χ2n) is 5.14. The van der Waals surface area contributed by atoms with Crippen molar-refractivity contribution in [2.24, 2.45) is 5.92 Å². The summed E-state index contributed by atoms with van der Waals surface area (Å²) in [6.07, 6.45) is 3.75. The molecule has 18 heavy (non-hydrogen) atoms. The molecular weight excluding hydrogens is 228 g/mol. The van der Waals surface area contributed by atoms with Crippen LogP contribution in [0.2, 0.25) is 0 Å². The van der Waals surface area contributed by atoms with E-state index in [0.29, 0.717) is 5.89 Å². The second kappa shape index (κ2) is 6.85. The van der Waals surface area contributed by atoms with Crippen LogP contribution in [0.25, 0.3) is 0 Å². The predicted molar refractivity (Wildman–Crippen MR) is 70.2 cm³/mol. The van der Waals surface area contributed by atoms with Crippen LogP contribution in [-0.4, -0.2) is 41.3 Å². The maximum Gasteiger partial charge on any atom is 0.230 e. The molecule has 2 rings (SSSR count). The van der Waals surface area contributed by atoms with Gasteiger partial charge >= 0.3 is 0 Å². The van der Waals surface area contributed by atoms with Crippen LogP contribution in [0.5, 0.6) is 0 Å². The number of rotatable bonds is 6. The van der Waals surface area contributed by atoms with E-state index in [1.54, 1.807) is 0 Å². The highest BCUT2D eigenvalue weighted by molar-refractivity contribution is 4.81. The van der Waals surface area contributed by atoms with Crippen LogP contribution in [0.3, 0.4) is 0 Å². The third-order valence-electron chi connectivity index (χ3n) is 3.49. The molecule has 102 valence electrons. The van der Waals surface area contributed by atoms with E-state index in [2.05, 4.69) is 27.3 Å². The first-order valence-electron chi connectivity index (χ1n) is 7.00. The maximum atomic E-state index is 5.42. The molecule has 1 aromatic heterocycles. The van der Waals surface area contributed by atoms with E-state index in [1.165, 1.54) is 25.8 Å². The van der Waals surface area contributed by atoms with Gasteiger partial charge < -0.3 is 9.73 Å². The topological polar surface area (TPSA) is 54.2 Å². The molecule has 0 spiro atoms. The van der Waals surface area contributed by atoms with Crippen molar-refractivity contribution >= 4 is 0 Å². The molecule has 0 bridgehead atoms. The number of likely N-dealkylation sites (tertiary alicyclic amines) is 1. The van der Waals surface area contributed by atoms with Crippen LogP contribution in [0.1, 0.15) is 38.0 Å². The largest absolute Gasteiger partial charge is 0.424 e. The molecule has 1 N–H and O–H groups in total. The SMILES string of the molecule is CCCNCC1CCN(Cc2nnc(C)o2)CC1. The number of aromatic nitrogens is 2. The van der Waals surface area contributed by atoms with Crippen molar-refractivity contribution < 1.29 is 4.42 Å². The summed E-state index contributed by atoms with van der Waals surface area (Å²) < 4.78 is 5.42. The van der Waals surface area contributed by atoms with Crippen LogP contribution < -0.4 is 5.32 Å². The molecule has 5 heteroatoms. The number of nitrogens with zero attached hydrogens (tertiary/aromatic N) is 3. The average Bonchev–Trinajstić information content (AvgIpc) is 2.77. The summed E-state index contributed by atoms with van der Waals surface area (Å²) in [6, 6.07) is 0. The number of nitrogens with one attached hydrogen (secondary N) is 1. The summed E-state index contributed by atoms with van der Waals surface area (Å²) in [5, 5.41) is 11.4. The quantitative estimate of drug-likeness (QED) is 0.779. The van der Waals surface area contributed by atoms with Gasteiger partial charge in [-0.1, -0.05) is 6.92 Å². The van der Waals surface area contributed by atoms with Gasteiger partial charge in [-0.25, -0.2) is 0 Å². The Hall–Kier alpha value is -0.940. The summed E-state index contributed by atoms with van der Waals surface area (Å²) in [5.74, 6) is 2.23. The molecule has 5 nitrogen and oxygen atoms in total. The first-order chi connectivity index (χ1) is 8.78. The molecule has 0 atom stereocenters. The summed E-state index contributed by atoms with van der Waals surface area (Å²) in [4.78, 5) is 2.41. The highest BCUT2D eigenvalue weighted by Gasteiger charge is 2.20. The molecule has 0 saturated carbocycles. The standard InChI is InChI=1S/C13H24N4O/c1-3-6-14-9-12-4-7-17(8-5-12)10-13-16-15-11(2)18-13/h12,14H,3-10H2,1-2H3. The van der Waals surface area contributed by atoms with E-state index in [1.807, 2.05) is 6.92 Å². The van der Waals surface area contributed by atoms with Gasteiger partial charge in [0, 0.05) is 6.92 Å². The van der Waals surface area contributed by atoms with Gasteiger partial charge in [0.25, 0.3) is 0 Å². The zero-order valence-corrected chi connectivity index (χ0v) is 11.5. The fourth-order valence-electron chi connectivity index (χ4n) is 2.42.